The van der Waals surface area contributed by atoms with Crippen LogP contribution in [0.1, 0.15) is 49.4 Å². The van der Waals surface area contributed by atoms with Crippen LogP contribution in [0.25, 0.3) is 0 Å². The fraction of sp³-hybridized carbons (Fsp3) is 0.750. The maximum Gasteiger partial charge on any atom is 0.0312 e. The van der Waals surface area contributed by atoms with Crippen molar-refractivity contribution in [2.45, 2.75) is 51.1 Å². The lowest BCUT2D eigenvalue weighted by molar-refractivity contribution is 0.207. The Bertz CT molecular complexity index is 416. The molecule has 1 aliphatic carbocycles. The number of rotatable bonds is 3. The number of hydrogen-bond acceptors (Lipinski definition) is 2. The largest absolute Gasteiger partial charge is 0.351 e. The van der Waals surface area contributed by atoms with E-state index in [-0.39, 0.29) is 6.04 Å². The summed E-state index contributed by atoms with van der Waals surface area (Å²) in [5, 5.41) is 0. The van der Waals surface area contributed by atoms with Gasteiger partial charge in [0.15, 0.2) is 0 Å². The summed E-state index contributed by atoms with van der Waals surface area (Å²) in [5.41, 5.74) is 9.13. The number of piperidine rings is 1. The Balaban J connectivity index is 1.58. The van der Waals surface area contributed by atoms with E-state index in [4.69, 9.17) is 5.73 Å². The molecule has 106 valence electrons. The number of fused-ring (bicyclic) bond motifs is 1. The Morgan fingerprint density at radius 3 is 2.84 bits per heavy atom. The van der Waals surface area contributed by atoms with Gasteiger partial charge in [0.2, 0.25) is 0 Å². The fourth-order valence-electron chi connectivity index (χ4n) is 3.67. The molecule has 19 heavy (non-hydrogen) atoms. The Morgan fingerprint density at radius 1 is 1.26 bits per heavy atom. The topological polar surface area (TPSA) is 34.2 Å². The number of aromatic nitrogens is 1. The van der Waals surface area contributed by atoms with Crippen LogP contribution in [0.4, 0.5) is 0 Å². The smallest absolute Gasteiger partial charge is 0.0312 e. The molecule has 1 aromatic rings. The lowest BCUT2D eigenvalue weighted by Crippen LogP contribution is -2.30. The fourth-order valence-corrected chi connectivity index (χ4v) is 3.67. The van der Waals surface area contributed by atoms with Crippen LogP contribution in [0.2, 0.25) is 0 Å². The van der Waals surface area contributed by atoms with E-state index in [0.717, 1.165) is 12.3 Å². The van der Waals surface area contributed by atoms with Crippen LogP contribution in [0.5, 0.6) is 0 Å². The molecule has 3 rings (SSSR count). The van der Waals surface area contributed by atoms with E-state index in [1.807, 2.05) is 0 Å². The van der Waals surface area contributed by atoms with Gasteiger partial charge in [-0.2, -0.15) is 0 Å². The van der Waals surface area contributed by atoms with Crippen molar-refractivity contribution in [3.05, 3.63) is 23.5 Å². The summed E-state index contributed by atoms with van der Waals surface area (Å²) < 4.78 is 2.48. The van der Waals surface area contributed by atoms with E-state index in [0.29, 0.717) is 0 Å². The first-order valence-electron chi connectivity index (χ1n) is 7.86. The van der Waals surface area contributed by atoms with Gasteiger partial charge in [0.1, 0.15) is 0 Å². The average molecular weight is 261 g/mol. The van der Waals surface area contributed by atoms with Crippen molar-refractivity contribution in [1.29, 1.82) is 0 Å². The molecule has 1 aromatic heterocycles. The molecule has 1 fully saturated rings. The van der Waals surface area contributed by atoms with Crippen molar-refractivity contribution in [1.82, 2.24) is 9.47 Å². The molecule has 3 nitrogen and oxygen atoms in total. The second kappa shape index (κ2) is 5.68. The Kier molecular flexibility index (Phi) is 3.94. The van der Waals surface area contributed by atoms with Crippen molar-refractivity contribution >= 4 is 0 Å². The van der Waals surface area contributed by atoms with Gasteiger partial charge in [0, 0.05) is 24.5 Å². The molecule has 2 N–H and O–H groups in total. The van der Waals surface area contributed by atoms with Gasteiger partial charge in [0.05, 0.1) is 0 Å². The highest BCUT2D eigenvalue weighted by Gasteiger charge is 2.21. The number of likely N-dealkylation sites (tertiary alicyclic amines) is 1. The van der Waals surface area contributed by atoms with Crippen LogP contribution >= 0.6 is 0 Å². The molecule has 1 atom stereocenters. The summed E-state index contributed by atoms with van der Waals surface area (Å²) in [7, 11) is 2.24. The Morgan fingerprint density at radius 2 is 2.05 bits per heavy atom. The summed E-state index contributed by atoms with van der Waals surface area (Å²) in [4.78, 5) is 2.45. The SMILES string of the molecule is CN1CCC(CCn2ccc3c2CCCC3N)CC1. The van der Waals surface area contributed by atoms with E-state index < -0.39 is 0 Å². The minimum absolute atomic E-state index is 0.285. The van der Waals surface area contributed by atoms with E-state index in [9.17, 15) is 0 Å². The number of nitrogens with zero attached hydrogens (tertiary/aromatic N) is 2. The lowest BCUT2D eigenvalue weighted by atomic mass is 9.92. The third kappa shape index (κ3) is 2.87. The zero-order valence-electron chi connectivity index (χ0n) is 12.1. The van der Waals surface area contributed by atoms with Crippen LogP contribution in [-0.2, 0) is 13.0 Å². The number of nitrogens with two attached hydrogens (primary N) is 1. The molecule has 1 unspecified atom stereocenters. The van der Waals surface area contributed by atoms with E-state index in [2.05, 4.69) is 28.8 Å². The predicted molar refractivity (Wildman–Crippen MR) is 79.1 cm³/mol. The molecule has 2 aliphatic rings. The minimum atomic E-state index is 0.285. The van der Waals surface area contributed by atoms with Crippen molar-refractivity contribution in [3.63, 3.8) is 0 Å². The zero-order valence-corrected chi connectivity index (χ0v) is 12.1. The second-order valence-electron chi connectivity index (χ2n) is 6.45. The maximum absolute atomic E-state index is 6.20. The van der Waals surface area contributed by atoms with E-state index in [1.54, 1.807) is 0 Å². The summed E-state index contributed by atoms with van der Waals surface area (Å²) >= 11 is 0. The molecule has 2 heterocycles. The molecule has 0 bridgehead atoms. The number of aryl methyl sites for hydroxylation is 1. The Labute approximate surface area is 116 Å². The quantitative estimate of drug-likeness (QED) is 0.907. The Hall–Kier alpha value is -0.800. The number of hydrogen-bond donors (Lipinski definition) is 1. The molecular weight excluding hydrogens is 234 g/mol. The first kappa shape index (κ1) is 13.2. The minimum Gasteiger partial charge on any atom is -0.351 e. The van der Waals surface area contributed by atoms with Gasteiger partial charge in [-0.15, -0.1) is 0 Å². The predicted octanol–water partition coefficient (Wildman–Crippen LogP) is 2.56. The van der Waals surface area contributed by atoms with Gasteiger partial charge in [0.25, 0.3) is 0 Å². The molecule has 0 spiro atoms. The van der Waals surface area contributed by atoms with Gasteiger partial charge < -0.3 is 15.2 Å². The second-order valence-corrected chi connectivity index (χ2v) is 6.45. The van der Waals surface area contributed by atoms with Crippen LogP contribution < -0.4 is 5.73 Å². The highest BCUT2D eigenvalue weighted by Crippen LogP contribution is 2.29. The van der Waals surface area contributed by atoms with Crippen molar-refractivity contribution in [2.24, 2.45) is 11.7 Å². The first-order valence-corrected chi connectivity index (χ1v) is 7.86. The maximum atomic E-state index is 6.20. The van der Waals surface area contributed by atoms with Gasteiger partial charge >= 0.3 is 0 Å². The monoisotopic (exact) mass is 261 g/mol. The van der Waals surface area contributed by atoms with Crippen molar-refractivity contribution < 1.29 is 0 Å². The molecule has 1 saturated heterocycles. The standard InChI is InChI=1S/C16H27N3/c1-18-9-5-13(6-10-18)7-11-19-12-8-14-15(17)3-2-4-16(14)19/h8,12-13,15H,2-7,9-11,17H2,1H3. The lowest BCUT2D eigenvalue weighted by Gasteiger charge is -2.29. The van der Waals surface area contributed by atoms with E-state index >= 15 is 0 Å². The zero-order chi connectivity index (χ0) is 13.2. The molecule has 0 saturated carbocycles. The highest BCUT2D eigenvalue weighted by atomic mass is 15.1. The van der Waals surface area contributed by atoms with Gasteiger partial charge in [-0.05, 0) is 76.2 Å². The first-order chi connectivity index (χ1) is 9.24. The average Bonchev–Trinajstić information content (AvgIpc) is 2.83. The molecular formula is C16H27N3. The third-order valence-corrected chi connectivity index (χ3v) is 5.06. The van der Waals surface area contributed by atoms with E-state index in [1.165, 1.54) is 63.0 Å². The summed E-state index contributed by atoms with van der Waals surface area (Å²) in [6, 6.07) is 2.54. The normalized spacial score (nSPS) is 25.5. The van der Waals surface area contributed by atoms with Gasteiger partial charge in [-0.3, -0.25) is 0 Å². The van der Waals surface area contributed by atoms with Crippen LogP contribution in [0.15, 0.2) is 12.3 Å². The molecule has 0 amide bonds. The molecule has 3 heteroatoms. The van der Waals surface area contributed by atoms with Crippen LogP contribution in [0, 0.1) is 5.92 Å². The van der Waals surface area contributed by atoms with Gasteiger partial charge in [-0.25, -0.2) is 0 Å². The molecule has 1 aliphatic heterocycles. The van der Waals surface area contributed by atoms with Crippen molar-refractivity contribution in [3.8, 4) is 0 Å². The summed E-state index contributed by atoms with van der Waals surface area (Å²) in [5.74, 6) is 0.923. The van der Waals surface area contributed by atoms with Crippen LogP contribution in [0.3, 0.4) is 0 Å². The summed E-state index contributed by atoms with van der Waals surface area (Å²) in [6.07, 6.45) is 10.00. The third-order valence-electron chi connectivity index (χ3n) is 5.06. The van der Waals surface area contributed by atoms with Crippen molar-refractivity contribution in [2.75, 3.05) is 20.1 Å². The van der Waals surface area contributed by atoms with Gasteiger partial charge in [-0.1, -0.05) is 0 Å². The van der Waals surface area contributed by atoms with Crippen LogP contribution in [-0.4, -0.2) is 29.6 Å². The molecule has 0 aromatic carbocycles. The summed E-state index contributed by atoms with van der Waals surface area (Å²) in [6.45, 7) is 3.75. The highest BCUT2D eigenvalue weighted by molar-refractivity contribution is 5.28. The molecule has 0 radical (unpaired) electrons.